The van der Waals surface area contributed by atoms with Crippen LogP contribution in [0, 0.1) is 6.92 Å². The molecule has 0 aliphatic rings. The lowest BCUT2D eigenvalue weighted by Crippen LogP contribution is -2.26. The fraction of sp³-hybridized carbons (Fsp3) is 0.130. The first-order chi connectivity index (χ1) is 15.2. The second-order valence-corrected chi connectivity index (χ2v) is 8.92. The van der Waals surface area contributed by atoms with E-state index < -0.39 is 16.1 Å². The number of carbonyl (C=O) groups excluding carboxylic acids is 2. The van der Waals surface area contributed by atoms with E-state index in [2.05, 4.69) is 15.4 Å². The van der Waals surface area contributed by atoms with Gasteiger partial charge in [-0.15, -0.1) is 0 Å². The van der Waals surface area contributed by atoms with Crippen LogP contribution < -0.4 is 21.1 Å². The molecule has 0 saturated heterocycles. The highest BCUT2D eigenvalue weighted by atomic mass is 32.2. The van der Waals surface area contributed by atoms with Crippen molar-refractivity contribution in [3.8, 4) is 0 Å². The van der Waals surface area contributed by atoms with Crippen LogP contribution in [0.4, 0.5) is 10.5 Å². The van der Waals surface area contributed by atoms with E-state index in [4.69, 9.17) is 5.73 Å². The van der Waals surface area contributed by atoms with E-state index in [-0.39, 0.29) is 29.5 Å². The second-order valence-electron chi connectivity index (χ2n) is 7.16. The van der Waals surface area contributed by atoms with Gasteiger partial charge in [0.1, 0.15) is 0 Å². The number of rotatable bonds is 8. The first-order valence-corrected chi connectivity index (χ1v) is 11.3. The lowest BCUT2D eigenvalue weighted by atomic mass is 10.1. The molecule has 0 aliphatic heterocycles. The van der Waals surface area contributed by atoms with Crippen LogP contribution in [0.5, 0.6) is 0 Å². The molecule has 0 radical (unpaired) electrons. The van der Waals surface area contributed by atoms with Crippen LogP contribution in [-0.4, -0.2) is 20.4 Å². The Morgan fingerprint density at radius 1 is 0.875 bits per heavy atom. The maximum absolute atomic E-state index is 12.7. The predicted octanol–water partition coefficient (Wildman–Crippen LogP) is 2.89. The number of amides is 3. The van der Waals surface area contributed by atoms with Crippen LogP contribution in [0.2, 0.25) is 0 Å². The van der Waals surface area contributed by atoms with Gasteiger partial charge in [0, 0.05) is 24.3 Å². The number of primary amides is 1. The van der Waals surface area contributed by atoms with Crippen LogP contribution in [0.15, 0.2) is 77.7 Å². The maximum atomic E-state index is 12.7. The Labute approximate surface area is 186 Å². The van der Waals surface area contributed by atoms with Crippen LogP contribution in [0.1, 0.15) is 27.0 Å². The van der Waals surface area contributed by atoms with Gasteiger partial charge in [-0.1, -0.05) is 48.5 Å². The molecule has 0 aromatic heterocycles. The summed E-state index contributed by atoms with van der Waals surface area (Å²) in [6.07, 6.45) is 0. The third-order valence-electron chi connectivity index (χ3n) is 4.75. The molecule has 3 aromatic carbocycles. The predicted molar refractivity (Wildman–Crippen MR) is 122 cm³/mol. The fourth-order valence-corrected chi connectivity index (χ4v) is 4.04. The average molecular weight is 453 g/mol. The van der Waals surface area contributed by atoms with Crippen LogP contribution >= 0.6 is 0 Å². The summed E-state index contributed by atoms with van der Waals surface area (Å²) in [5.41, 5.74) is 8.19. The zero-order valence-electron chi connectivity index (χ0n) is 17.5. The number of sulfonamides is 1. The molecular weight excluding hydrogens is 428 g/mol. The molecule has 166 valence electrons. The first kappa shape index (κ1) is 23.0. The molecule has 0 fully saturated rings. The molecule has 9 heteroatoms. The van der Waals surface area contributed by atoms with Gasteiger partial charge in [-0.3, -0.25) is 4.79 Å². The Balaban J connectivity index is 1.67. The van der Waals surface area contributed by atoms with Gasteiger partial charge >= 0.3 is 6.03 Å². The average Bonchev–Trinajstić information content (AvgIpc) is 2.77. The fourth-order valence-electron chi connectivity index (χ4n) is 3.00. The zero-order valence-corrected chi connectivity index (χ0v) is 18.3. The molecule has 0 aliphatic carbocycles. The number of urea groups is 1. The molecular formula is C23H24N4O4S. The van der Waals surface area contributed by atoms with Gasteiger partial charge < -0.3 is 16.4 Å². The van der Waals surface area contributed by atoms with E-state index in [0.717, 1.165) is 11.1 Å². The van der Waals surface area contributed by atoms with Crippen LogP contribution in [-0.2, 0) is 23.1 Å². The smallest absolute Gasteiger partial charge is 0.316 e. The minimum atomic E-state index is -3.79. The molecule has 3 amide bonds. The van der Waals surface area contributed by atoms with Crippen molar-refractivity contribution in [3.63, 3.8) is 0 Å². The topological polar surface area (TPSA) is 130 Å². The van der Waals surface area contributed by atoms with Crippen molar-refractivity contribution in [2.75, 3.05) is 5.32 Å². The van der Waals surface area contributed by atoms with Gasteiger partial charge in [0.15, 0.2) is 0 Å². The number of benzene rings is 3. The van der Waals surface area contributed by atoms with E-state index in [1.54, 1.807) is 37.3 Å². The zero-order chi connectivity index (χ0) is 23.1. The van der Waals surface area contributed by atoms with Gasteiger partial charge in [-0.25, -0.2) is 17.9 Å². The summed E-state index contributed by atoms with van der Waals surface area (Å²) in [5.74, 6) is -0.387. The van der Waals surface area contributed by atoms with E-state index in [9.17, 15) is 18.0 Å². The number of aryl methyl sites for hydroxylation is 1. The highest BCUT2D eigenvalue weighted by molar-refractivity contribution is 7.89. The van der Waals surface area contributed by atoms with Crippen LogP contribution in [0.3, 0.4) is 0 Å². The number of nitrogens with one attached hydrogen (secondary N) is 3. The Bertz CT molecular complexity index is 1210. The molecule has 0 unspecified atom stereocenters. The number of hydrogen-bond donors (Lipinski definition) is 4. The molecule has 0 spiro atoms. The quantitative estimate of drug-likeness (QED) is 0.419. The van der Waals surface area contributed by atoms with Gasteiger partial charge in [0.2, 0.25) is 10.0 Å². The Morgan fingerprint density at radius 2 is 1.53 bits per heavy atom. The second kappa shape index (κ2) is 10.1. The van der Waals surface area contributed by atoms with Crippen molar-refractivity contribution in [1.82, 2.24) is 10.0 Å². The summed E-state index contributed by atoms with van der Waals surface area (Å²) in [4.78, 5) is 23.6. The summed E-state index contributed by atoms with van der Waals surface area (Å²) in [5, 5.41) is 5.25. The van der Waals surface area contributed by atoms with E-state index >= 15 is 0 Å². The highest BCUT2D eigenvalue weighted by Gasteiger charge is 2.18. The Kier molecular flexibility index (Phi) is 7.24. The van der Waals surface area contributed by atoms with E-state index in [1.807, 2.05) is 30.3 Å². The van der Waals surface area contributed by atoms with Crippen molar-refractivity contribution < 1.29 is 18.0 Å². The minimum Gasteiger partial charge on any atom is -0.351 e. The van der Waals surface area contributed by atoms with E-state index in [0.29, 0.717) is 11.3 Å². The third-order valence-corrected chi connectivity index (χ3v) is 6.15. The molecule has 0 saturated carbocycles. The number of anilines is 1. The van der Waals surface area contributed by atoms with Gasteiger partial charge in [0.25, 0.3) is 5.91 Å². The summed E-state index contributed by atoms with van der Waals surface area (Å²) in [6.45, 7) is 2.13. The van der Waals surface area contributed by atoms with Crippen molar-refractivity contribution in [2.45, 2.75) is 24.9 Å². The molecule has 0 bridgehead atoms. The molecule has 5 N–H and O–H groups in total. The molecule has 3 rings (SSSR count). The molecule has 32 heavy (non-hydrogen) atoms. The van der Waals surface area contributed by atoms with Gasteiger partial charge in [0.05, 0.1) is 4.90 Å². The van der Waals surface area contributed by atoms with Crippen molar-refractivity contribution >= 4 is 27.6 Å². The minimum absolute atomic E-state index is 0.0195. The SMILES string of the molecule is Cc1ccc(S(=O)(=O)NCc2ccccc2)cc1C(=O)NCc1ccc(NC(N)=O)cc1. The molecule has 0 heterocycles. The molecule has 3 aromatic rings. The lowest BCUT2D eigenvalue weighted by Gasteiger charge is -2.12. The van der Waals surface area contributed by atoms with E-state index in [1.165, 1.54) is 12.1 Å². The number of nitrogens with two attached hydrogens (primary N) is 1. The molecule has 0 atom stereocenters. The lowest BCUT2D eigenvalue weighted by molar-refractivity contribution is 0.0950. The maximum Gasteiger partial charge on any atom is 0.316 e. The largest absolute Gasteiger partial charge is 0.351 e. The normalized spacial score (nSPS) is 11.0. The first-order valence-electron chi connectivity index (χ1n) is 9.82. The van der Waals surface area contributed by atoms with Gasteiger partial charge in [-0.05, 0) is 47.9 Å². The summed E-state index contributed by atoms with van der Waals surface area (Å²) >= 11 is 0. The van der Waals surface area contributed by atoms with Crippen molar-refractivity contribution in [2.24, 2.45) is 5.73 Å². The Hall–Kier alpha value is -3.69. The summed E-state index contributed by atoms with van der Waals surface area (Å²) in [7, 11) is -3.79. The highest BCUT2D eigenvalue weighted by Crippen LogP contribution is 2.17. The standard InChI is InChI=1S/C23H24N4O4S/c1-16-7-12-20(32(30,31)26-15-17-5-3-2-4-6-17)13-21(16)22(28)25-14-18-8-10-19(11-9-18)27-23(24)29/h2-13,26H,14-15H2,1H3,(H,25,28)(H3,24,27,29). The summed E-state index contributed by atoms with van der Waals surface area (Å²) < 4.78 is 28.0. The van der Waals surface area contributed by atoms with Crippen molar-refractivity contribution in [1.29, 1.82) is 0 Å². The summed E-state index contributed by atoms with van der Waals surface area (Å²) in [6, 6.07) is 19.8. The number of hydrogen-bond acceptors (Lipinski definition) is 4. The van der Waals surface area contributed by atoms with Gasteiger partial charge in [-0.2, -0.15) is 0 Å². The molecule has 8 nitrogen and oxygen atoms in total. The van der Waals surface area contributed by atoms with Crippen molar-refractivity contribution in [3.05, 3.63) is 95.1 Å². The Morgan fingerprint density at radius 3 is 2.19 bits per heavy atom. The monoisotopic (exact) mass is 452 g/mol. The van der Waals surface area contributed by atoms with Crippen LogP contribution in [0.25, 0.3) is 0 Å². The third kappa shape index (κ3) is 6.16. The number of carbonyl (C=O) groups is 2.